The first-order valence-electron chi connectivity index (χ1n) is 11.7. The summed E-state index contributed by atoms with van der Waals surface area (Å²) in [7, 11) is 0. The van der Waals surface area contributed by atoms with Crippen LogP contribution in [-0.2, 0) is 13.1 Å². The molecule has 0 saturated heterocycles. The number of aryl methyl sites for hydroxylation is 2. The molecular formula is C24H32N6O. The normalized spacial score (nSPS) is 18.0. The molecule has 0 amide bonds. The van der Waals surface area contributed by atoms with Crippen LogP contribution in [-0.4, -0.2) is 36.1 Å². The SMILES string of the molecule is Cc1cc(C)c2[nH]c(=O)c(CN(Cc3nnnn3C3CCCC3)C3CCCC3)cc2c1. The first kappa shape index (κ1) is 20.4. The van der Waals surface area contributed by atoms with Crippen molar-refractivity contribution in [1.29, 1.82) is 0 Å². The number of nitrogens with one attached hydrogen (secondary N) is 1. The highest BCUT2D eigenvalue weighted by molar-refractivity contribution is 5.82. The number of hydrogen-bond acceptors (Lipinski definition) is 5. The van der Waals surface area contributed by atoms with Crippen molar-refractivity contribution in [3.63, 3.8) is 0 Å². The van der Waals surface area contributed by atoms with Gasteiger partial charge < -0.3 is 4.98 Å². The predicted octanol–water partition coefficient (Wildman–Crippen LogP) is 4.19. The van der Waals surface area contributed by atoms with Gasteiger partial charge in [0.25, 0.3) is 5.56 Å². The summed E-state index contributed by atoms with van der Waals surface area (Å²) in [4.78, 5) is 18.5. The molecule has 164 valence electrons. The van der Waals surface area contributed by atoms with Crippen molar-refractivity contribution in [2.45, 2.75) is 90.4 Å². The lowest BCUT2D eigenvalue weighted by molar-refractivity contribution is 0.170. The zero-order valence-electron chi connectivity index (χ0n) is 18.6. The summed E-state index contributed by atoms with van der Waals surface area (Å²) < 4.78 is 2.05. The van der Waals surface area contributed by atoms with Crippen LogP contribution < -0.4 is 5.56 Å². The molecule has 1 aromatic carbocycles. The van der Waals surface area contributed by atoms with Crippen molar-refractivity contribution < 1.29 is 0 Å². The van der Waals surface area contributed by atoms with Gasteiger partial charge in [-0.1, -0.05) is 37.3 Å². The van der Waals surface area contributed by atoms with Crippen molar-refractivity contribution in [1.82, 2.24) is 30.1 Å². The number of fused-ring (bicyclic) bond motifs is 1. The summed E-state index contributed by atoms with van der Waals surface area (Å²) >= 11 is 0. The van der Waals surface area contributed by atoms with Crippen LogP contribution in [0.1, 0.15) is 79.9 Å². The molecule has 0 bridgehead atoms. The Labute approximate surface area is 182 Å². The zero-order chi connectivity index (χ0) is 21.4. The maximum absolute atomic E-state index is 13.0. The number of rotatable bonds is 6. The van der Waals surface area contributed by atoms with Crippen LogP contribution in [0.4, 0.5) is 0 Å². The van der Waals surface area contributed by atoms with E-state index < -0.39 is 0 Å². The largest absolute Gasteiger partial charge is 0.321 e. The van der Waals surface area contributed by atoms with Crippen LogP contribution in [0.2, 0.25) is 0 Å². The van der Waals surface area contributed by atoms with E-state index in [1.807, 2.05) is 4.68 Å². The van der Waals surface area contributed by atoms with E-state index in [-0.39, 0.29) is 5.56 Å². The second-order valence-corrected chi connectivity index (χ2v) is 9.49. The fourth-order valence-corrected chi connectivity index (χ4v) is 5.58. The van der Waals surface area contributed by atoms with Crippen LogP contribution in [0.15, 0.2) is 23.0 Å². The van der Waals surface area contributed by atoms with Crippen LogP contribution in [0.3, 0.4) is 0 Å². The molecule has 5 rings (SSSR count). The lowest BCUT2D eigenvalue weighted by Crippen LogP contribution is -2.35. The van der Waals surface area contributed by atoms with E-state index in [0.29, 0.717) is 25.2 Å². The van der Waals surface area contributed by atoms with Gasteiger partial charge in [0.15, 0.2) is 5.82 Å². The van der Waals surface area contributed by atoms with E-state index in [9.17, 15) is 4.79 Å². The van der Waals surface area contributed by atoms with Gasteiger partial charge in [0.2, 0.25) is 0 Å². The lowest BCUT2D eigenvalue weighted by Gasteiger charge is -2.28. The minimum atomic E-state index is 0.0119. The summed E-state index contributed by atoms with van der Waals surface area (Å²) in [6.07, 6.45) is 9.67. The van der Waals surface area contributed by atoms with E-state index in [2.05, 4.69) is 57.5 Å². The molecule has 7 nitrogen and oxygen atoms in total. The van der Waals surface area contributed by atoms with E-state index in [4.69, 9.17) is 0 Å². The standard InChI is InChI=1S/C24H32N6O/c1-16-11-17(2)23-18(12-16)13-19(24(31)25-23)14-29(20-7-3-4-8-20)15-22-26-27-28-30(22)21-9-5-6-10-21/h11-13,20-21H,3-10,14-15H2,1-2H3,(H,25,31). The predicted molar refractivity (Wildman–Crippen MR) is 121 cm³/mol. The maximum atomic E-state index is 13.0. The molecule has 1 N–H and O–H groups in total. The highest BCUT2D eigenvalue weighted by atomic mass is 16.1. The van der Waals surface area contributed by atoms with Gasteiger partial charge in [-0.25, -0.2) is 4.68 Å². The topological polar surface area (TPSA) is 79.7 Å². The third kappa shape index (κ3) is 4.15. The molecule has 31 heavy (non-hydrogen) atoms. The van der Waals surface area contributed by atoms with Gasteiger partial charge in [-0.3, -0.25) is 9.69 Å². The molecule has 2 saturated carbocycles. The van der Waals surface area contributed by atoms with Crippen LogP contribution in [0, 0.1) is 13.8 Å². The molecule has 0 atom stereocenters. The van der Waals surface area contributed by atoms with Crippen molar-refractivity contribution in [2.75, 3.05) is 0 Å². The summed E-state index contributed by atoms with van der Waals surface area (Å²) in [5.74, 6) is 0.933. The average Bonchev–Trinajstić information content (AvgIpc) is 3.51. The van der Waals surface area contributed by atoms with Gasteiger partial charge in [-0.2, -0.15) is 0 Å². The third-order valence-corrected chi connectivity index (χ3v) is 7.16. The molecule has 0 spiro atoms. The minimum absolute atomic E-state index is 0.0119. The van der Waals surface area contributed by atoms with Gasteiger partial charge in [-0.15, -0.1) is 5.10 Å². The number of pyridine rings is 1. The van der Waals surface area contributed by atoms with Gasteiger partial charge in [0.1, 0.15) is 0 Å². The molecule has 7 heteroatoms. The molecule has 2 aliphatic rings. The Morgan fingerprint density at radius 1 is 1.03 bits per heavy atom. The number of tetrazole rings is 1. The summed E-state index contributed by atoms with van der Waals surface area (Å²) in [6.45, 7) is 5.47. The quantitative estimate of drug-likeness (QED) is 0.647. The Balaban J connectivity index is 1.46. The van der Waals surface area contributed by atoms with Gasteiger partial charge in [0, 0.05) is 18.2 Å². The average molecular weight is 421 g/mol. The second-order valence-electron chi connectivity index (χ2n) is 9.49. The van der Waals surface area contributed by atoms with E-state index in [1.165, 1.54) is 44.1 Å². The third-order valence-electron chi connectivity index (χ3n) is 7.16. The number of benzene rings is 1. The van der Waals surface area contributed by atoms with Crippen molar-refractivity contribution >= 4 is 10.9 Å². The molecule has 0 aliphatic heterocycles. The summed E-state index contributed by atoms with van der Waals surface area (Å²) in [6, 6.07) is 7.25. The Kier molecular flexibility index (Phi) is 5.61. The molecule has 0 unspecified atom stereocenters. The van der Waals surface area contributed by atoms with Gasteiger partial charge >= 0.3 is 0 Å². The molecular weight excluding hydrogens is 388 g/mol. The fraction of sp³-hybridized carbons (Fsp3) is 0.583. The monoisotopic (exact) mass is 420 g/mol. The van der Waals surface area contributed by atoms with Crippen molar-refractivity contribution in [3.05, 3.63) is 51.1 Å². The minimum Gasteiger partial charge on any atom is -0.321 e. The Hall–Kier alpha value is -2.54. The number of nitrogens with zero attached hydrogens (tertiary/aromatic N) is 5. The molecule has 2 aromatic heterocycles. The Bertz CT molecular complexity index is 1120. The molecule has 3 aromatic rings. The van der Waals surface area contributed by atoms with E-state index in [0.717, 1.165) is 40.7 Å². The first-order chi connectivity index (χ1) is 15.1. The van der Waals surface area contributed by atoms with Crippen molar-refractivity contribution in [2.24, 2.45) is 0 Å². The second kappa shape index (κ2) is 8.54. The van der Waals surface area contributed by atoms with Crippen molar-refractivity contribution in [3.8, 4) is 0 Å². The number of H-pyrrole nitrogens is 1. The maximum Gasteiger partial charge on any atom is 0.252 e. The first-order valence-corrected chi connectivity index (χ1v) is 11.7. The molecule has 2 fully saturated rings. The van der Waals surface area contributed by atoms with Crippen LogP contribution in [0.5, 0.6) is 0 Å². The summed E-state index contributed by atoms with van der Waals surface area (Å²) in [5.41, 5.74) is 4.10. The number of aromatic nitrogens is 5. The van der Waals surface area contributed by atoms with Crippen LogP contribution in [0.25, 0.3) is 10.9 Å². The lowest BCUT2D eigenvalue weighted by atomic mass is 10.0. The molecule has 2 aliphatic carbocycles. The van der Waals surface area contributed by atoms with E-state index >= 15 is 0 Å². The van der Waals surface area contributed by atoms with Gasteiger partial charge in [0.05, 0.1) is 18.1 Å². The zero-order valence-corrected chi connectivity index (χ0v) is 18.6. The molecule has 0 radical (unpaired) electrons. The van der Waals surface area contributed by atoms with Gasteiger partial charge in [-0.05, 0) is 73.0 Å². The smallest absolute Gasteiger partial charge is 0.252 e. The highest BCUT2D eigenvalue weighted by Gasteiger charge is 2.27. The Morgan fingerprint density at radius 3 is 2.55 bits per heavy atom. The number of aromatic amines is 1. The fourth-order valence-electron chi connectivity index (χ4n) is 5.58. The number of hydrogen-bond donors (Lipinski definition) is 1. The van der Waals surface area contributed by atoms with Crippen LogP contribution >= 0.6 is 0 Å². The Morgan fingerprint density at radius 2 is 1.77 bits per heavy atom. The summed E-state index contributed by atoms with van der Waals surface area (Å²) in [5, 5.41) is 13.8. The highest BCUT2D eigenvalue weighted by Crippen LogP contribution is 2.31. The van der Waals surface area contributed by atoms with E-state index in [1.54, 1.807) is 0 Å². The molecule has 2 heterocycles.